The summed E-state index contributed by atoms with van der Waals surface area (Å²) in [6.45, 7) is 12.8. The quantitative estimate of drug-likeness (QED) is 0.0773. The van der Waals surface area contributed by atoms with Crippen LogP contribution in [-0.4, -0.2) is 128 Å². The van der Waals surface area contributed by atoms with Crippen molar-refractivity contribution in [2.24, 2.45) is 0 Å². The van der Waals surface area contributed by atoms with Gasteiger partial charge in [0.2, 0.25) is 0 Å². The number of hydrogen-bond acceptors (Lipinski definition) is 16. The van der Waals surface area contributed by atoms with Gasteiger partial charge in [-0.1, -0.05) is 12.1 Å². The number of morpholine rings is 2. The molecular formula is C53H57F3N6O11S. The van der Waals surface area contributed by atoms with Crippen molar-refractivity contribution in [3.8, 4) is 51.7 Å². The third kappa shape index (κ3) is 13.8. The Morgan fingerprint density at radius 2 is 1.12 bits per heavy atom. The minimum absolute atomic E-state index is 0.152. The highest BCUT2D eigenvalue weighted by Crippen LogP contribution is 2.40. The van der Waals surface area contributed by atoms with E-state index in [0.717, 1.165) is 92.5 Å². The van der Waals surface area contributed by atoms with Gasteiger partial charge in [-0.05, 0) is 97.8 Å². The number of nitrogen functional groups attached to an aromatic ring is 1. The van der Waals surface area contributed by atoms with Gasteiger partial charge >= 0.3 is 6.36 Å². The van der Waals surface area contributed by atoms with Crippen LogP contribution in [0.2, 0.25) is 0 Å². The number of fused-ring (bicyclic) bond motifs is 2. The molecule has 9 rings (SSSR count). The second-order valence-corrected chi connectivity index (χ2v) is 18.7. The summed E-state index contributed by atoms with van der Waals surface area (Å²) in [6.07, 6.45) is -1.73. The predicted octanol–water partition coefficient (Wildman–Crippen LogP) is 9.39. The van der Waals surface area contributed by atoms with Gasteiger partial charge < -0.3 is 48.4 Å². The first kappa shape index (κ1) is 53.0. The Morgan fingerprint density at radius 1 is 0.622 bits per heavy atom. The molecule has 21 heteroatoms. The van der Waals surface area contributed by atoms with Gasteiger partial charge in [-0.15, -0.1) is 13.2 Å². The van der Waals surface area contributed by atoms with E-state index in [2.05, 4.69) is 29.2 Å². The molecule has 74 heavy (non-hydrogen) atoms. The van der Waals surface area contributed by atoms with Crippen LogP contribution in [0.15, 0.2) is 114 Å². The van der Waals surface area contributed by atoms with Gasteiger partial charge in [0.05, 0.1) is 57.4 Å². The van der Waals surface area contributed by atoms with E-state index in [1.807, 2.05) is 43.3 Å². The van der Waals surface area contributed by atoms with Gasteiger partial charge in [-0.3, -0.25) is 24.5 Å². The zero-order chi connectivity index (χ0) is 52.2. The van der Waals surface area contributed by atoms with E-state index in [-0.39, 0.29) is 5.69 Å². The van der Waals surface area contributed by atoms with Gasteiger partial charge in [-0.25, -0.2) is 8.42 Å². The molecule has 2 fully saturated rings. The highest BCUT2D eigenvalue weighted by atomic mass is 32.2. The molecule has 2 aliphatic heterocycles. The van der Waals surface area contributed by atoms with Crippen LogP contribution in [0, 0.1) is 13.8 Å². The molecule has 0 aliphatic carbocycles. The molecule has 0 spiro atoms. The monoisotopic (exact) mass is 1040 g/mol. The van der Waals surface area contributed by atoms with Gasteiger partial charge in [0, 0.05) is 80.3 Å². The summed E-state index contributed by atoms with van der Waals surface area (Å²) in [5, 5.41) is 1.51. The average molecular weight is 1040 g/mol. The minimum Gasteiger partial charge on any atom is -0.493 e. The van der Waals surface area contributed by atoms with Crippen LogP contribution >= 0.6 is 0 Å². The van der Waals surface area contributed by atoms with Gasteiger partial charge in [0.25, 0.3) is 10.0 Å². The van der Waals surface area contributed by atoms with Crippen LogP contribution in [0.4, 0.5) is 24.5 Å². The number of aromatic nitrogens is 2. The highest BCUT2D eigenvalue weighted by molar-refractivity contribution is 7.92. The van der Waals surface area contributed by atoms with Crippen molar-refractivity contribution in [2.75, 3.05) is 104 Å². The highest BCUT2D eigenvalue weighted by Gasteiger charge is 2.34. The molecule has 0 atom stereocenters. The molecule has 5 aromatic carbocycles. The van der Waals surface area contributed by atoms with Gasteiger partial charge in [-0.2, -0.15) is 0 Å². The van der Waals surface area contributed by atoms with E-state index < -0.39 is 27.0 Å². The maximum atomic E-state index is 13.0. The minimum atomic E-state index is -5.06. The second-order valence-electron chi connectivity index (χ2n) is 17.1. The lowest BCUT2D eigenvalue weighted by molar-refractivity contribution is -0.275. The van der Waals surface area contributed by atoms with Gasteiger partial charge in [0.1, 0.15) is 46.9 Å². The molecule has 4 heterocycles. The first-order valence-electron chi connectivity index (χ1n) is 23.7. The molecule has 7 aromatic rings. The number of halogens is 3. The summed E-state index contributed by atoms with van der Waals surface area (Å²) in [4.78, 5) is 12.9. The molecular weight excluding hydrogens is 986 g/mol. The van der Waals surface area contributed by atoms with Crippen molar-refractivity contribution < 1.29 is 64.2 Å². The van der Waals surface area contributed by atoms with E-state index >= 15 is 0 Å². The molecule has 0 radical (unpaired) electrons. The molecule has 17 nitrogen and oxygen atoms in total. The number of alkyl halides is 3. The SMILES string of the molecule is COc1cc2c(Oc3ccc(N)c(C)c3)ccnc2cc1OCCN1CCOCC1.COc1cc2c(Oc3ccc(NS(=O)(=O)c4ccccc4OC(F)(F)F)c(C)c3)ccnc2cc1OCCN1CCOCC1. The number of aryl methyl sites for hydroxylation is 2. The number of pyridine rings is 2. The number of para-hydroxylation sites is 1. The lowest BCUT2D eigenvalue weighted by Gasteiger charge is -2.26. The van der Waals surface area contributed by atoms with Crippen LogP contribution in [0.25, 0.3) is 21.8 Å². The van der Waals surface area contributed by atoms with Crippen LogP contribution in [0.1, 0.15) is 11.1 Å². The summed E-state index contributed by atoms with van der Waals surface area (Å²) in [6, 6.07) is 25.6. The Hall–Kier alpha value is -7.30. The molecule has 392 valence electrons. The Morgan fingerprint density at radius 3 is 1.61 bits per heavy atom. The predicted molar refractivity (Wildman–Crippen MR) is 273 cm³/mol. The summed E-state index contributed by atoms with van der Waals surface area (Å²) in [7, 11) is -1.24. The molecule has 2 aliphatic rings. The van der Waals surface area contributed by atoms with Crippen molar-refractivity contribution in [3.05, 3.63) is 121 Å². The number of benzene rings is 5. The zero-order valence-electron chi connectivity index (χ0n) is 41.3. The maximum Gasteiger partial charge on any atom is 0.573 e. The Bertz CT molecular complexity index is 3160. The van der Waals surface area contributed by atoms with Crippen molar-refractivity contribution in [3.63, 3.8) is 0 Å². The van der Waals surface area contributed by atoms with Gasteiger partial charge in [0.15, 0.2) is 23.0 Å². The average Bonchev–Trinajstić information content (AvgIpc) is 3.38. The van der Waals surface area contributed by atoms with Crippen LogP contribution < -0.4 is 43.6 Å². The summed E-state index contributed by atoms with van der Waals surface area (Å²) < 4.78 is 117. The van der Waals surface area contributed by atoms with Crippen molar-refractivity contribution in [1.29, 1.82) is 0 Å². The van der Waals surface area contributed by atoms with E-state index in [1.165, 1.54) is 24.3 Å². The van der Waals surface area contributed by atoms with E-state index in [0.29, 0.717) is 83.1 Å². The molecule has 0 bridgehead atoms. The lowest BCUT2D eigenvalue weighted by Crippen LogP contribution is -2.38. The fourth-order valence-electron chi connectivity index (χ4n) is 8.06. The second kappa shape index (κ2) is 24.2. The lowest BCUT2D eigenvalue weighted by atomic mass is 10.1. The summed E-state index contributed by atoms with van der Waals surface area (Å²) >= 11 is 0. The third-order valence-electron chi connectivity index (χ3n) is 12.0. The van der Waals surface area contributed by atoms with Crippen molar-refractivity contribution in [1.82, 2.24) is 19.8 Å². The maximum absolute atomic E-state index is 13.0. The molecule has 0 amide bonds. The number of anilines is 2. The molecule has 0 saturated carbocycles. The largest absolute Gasteiger partial charge is 0.573 e. The standard InChI is InChI=1S/C30H30F3N3O7S.C23H27N3O4/c1-20-17-21(7-8-23(20)35-44(37,38)29-6-4-3-5-26(29)43-30(31,32)33)42-25-9-10-34-24-19-28(27(39-2)18-22(24)25)41-16-13-36-11-14-40-15-12-36;1-16-13-17(3-4-19(16)24)30-21-5-6-25-20-15-23(22(27-2)14-18(20)21)29-12-9-26-7-10-28-11-8-26/h3-10,17-19,35H,11-16H2,1-2H3;3-6,13-15H,7-12,24H2,1-2H3. The summed E-state index contributed by atoms with van der Waals surface area (Å²) in [5.74, 6) is 3.82. The molecule has 2 saturated heterocycles. The zero-order valence-corrected chi connectivity index (χ0v) is 42.1. The smallest absolute Gasteiger partial charge is 0.493 e. The number of methoxy groups -OCH3 is 2. The number of nitrogens with two attached hydrogens (primary N) is 1. The molecule has 3 N–H and O–H groups in total. The number of ether oxygens (including phenoxy) is 9. The van der Waals surface area contributed by atoms with E-state index in [9.17, 15) is 21.6 Å². The Labute approximate surface area is 426 Å². The summed E-state index contributed by atoms with van der Waals surface area (Å²) in [5.41, 5.74) is 9.63. The first-order chi connectivity index (χ1) is 35.7. The number of sulfonamides is 1. The fraction of sp³-hybridized carbons (Fsp3) is 0.321. The molecule has 0 unspecified atom stereocenters. The fourth-order valence-corrected chi connectivity index (χ4v) is 9.32. The van der Waals surface area contributed by atoms with E-state index in [1.54, 1.807) is 57.8 Å². The van der Waals surface area contributed by atoms with Crippen LogP contribution in [0.3, 0.4) is 0 Å². The van der Waals surface area contributed by atoms with E-state index in [4.69, 9.17) is 43.6 Å². The number of rotatable bonds is 18. The molecule has 2 aromatic heterocycles. The first-order valence-corrected chi connectivity index (χ1v) is 25.1. The number of nitrogens with one attached hydrogen (secondary N) is 1. The third-order valence-corrected chi connectivity index (χ3v) is 13.4. The Balaban J connectivity index is 0.000000211. The number of nitrogens with zero attached hydrogens (tertiary/aromatic N) is 4. The topological polar surface area (TPSA) is 188 Å². The van der Waals surface area contributed by atoms with Crippen molar-refractivity contribution >= 4 is 43.2 Å². The Kier molecular flexibility index (Phi) is 17.3. The van der Waals surface area contributed by atoms with Crippen molar-refractivity contribution in [2.45, 2.75) is 25.1 Å². The van der Waals surface area contributed by atoms with Crippen LogP contribution in [-0.2, 0) is 19.5 Å². The normalized spacial score (nSPS) is 14.4. The number of hydrogen-bond donors (Lipinski definition) is 2. The van der Waals surface area contributed by atoms with Crippen LogP contribution in [0.5, 0.6) is 51.7 Å².